The van der Waals surface area contributed by atoms with Gasteiger partial charge >= 0.3 is 0 Å². The first-order valence-electron chi connectivity index (χ1n) is 8.01. The smallest absolute Gasteiger partial charge is 0.00683 e. The summed E-state index contributed by atoms with van der Waals surface area (Å²) in [5.74, 6) is 1.69. The Morgan fingerprint density at radius 1 is 1.16 bits per heavy atom. The zero-order chi connectivity index (χ0) is 13.5. The maximum atomic E-state index is 3.71. The molecule has 1 saturated carbocycles. The van der Waals surface area contributed by atoms with E-state index in [-0.39, 0.29) is 0 Å². The Labute approximate surface area is 118 Å². The van der Waals surface area contributed by atoms with Crippen LogP contribution in [0, 0.1) is 11.8 Å². The molecule has 0 amide bonds. The molecule has 1 heteroatoms. The summed E-state index contributed by atoms with van der Waals surface area (Å²) in [6.45, 7) is 5.93. The average molecular weight is 259 g/mol. The Kier molecular flexibility index (Phi) is 5.91. The lowest BCUT2D eigenvalue weighted by molar-refractivity contribution is 0.358. The Hall–Kier alpha value is -0.820. The monoisotopic (exact) mass is 259 g/mol. The molecule has 1 fully saturated rings. The van der Waals surface area contributed by atoms with Crippen molar-refractivity contribution in [3.8, 4) is 0 Å². The summed E-state index contributed by atoms with van der Waals surface area (Å²) in [6, 6.07) is 11.7. The van der Waals surface area contributed by atoms with Crippen LogP contribution in [0.25, 0.3) is 0 Å². The second-order valence-electron chi connectivity index (χ2n) is 6.56. The molecular formula is C18H29N. The molecular weight excluding hydrogens is 230 g/mol. The summed E-state index contributed by atoms with van der Waals surface area (Å²) in [5.41, 5.74) is 1.49. The molecule has 2 rings (SSSR count). The average Bonchev–Trinajstić information content (AvgIpc) is 3.20. The SMILES string of the molecule is CC(C)CC(CCCc1ccccc1)CNC1CC1. The Balaban J connectivity index is 1.68. The first-order chi connectivity index (χ1) is 9.24. The molecule has 0 aliphatic heterocycles. The molecule has 1 aromatic carbocycles. The van der Waals surface area contributed by atoms with Gasteiger partial charge in [0.05, 0.1) is 0 Å². The van der Waals surface area contributed by atoms with Gasteiger partial charge in [0, 0.05) is 6.04 Å². The van der Waals surface area contributed by atoms with E-state index in [2.05, 4.69) is 49.5 Å². The third-order valence-electron chi connectivity index (χ3n) is 4.00. The van der Waals surface area contributed by atoms with Crippen LogP contribution in [0.1, 0.15) is 51.5 Å². The van der Waals surface area contributed by atoms with Crippen molar-refractivity contribution in [3.63, 3.8) is 0 Å². The molecule has 1 unspecified atom stereocenters. The minimum absolute atomic E-state index is 0.822. The summed E-state index contributed by atoms with van der Waals surface area (Å²) in [6.07, 6.45) is 8.10. The Bertz CT molecular complexity index is 340. The molecule has 1 aliphatic carbocycles. The van der Waals surface area contributed by atoms with Crippen molar-refractivity contribution in [1.82, 2.24) is 5.32 Å². The molecule has 1 N–H and O–H groups in total. The minimum atomic E-state index is 0.822. The first-order valence-corrected chi connectivity index (χ1v) is 8.01. The van der Waals surface area contributed by atoms with Crippen LogP contribution < -0.4 is 5.32 Å². The molecule has 1 atom stereocenters. The fourth-order valence-corrected chi connectivity index (χ4v) is 2.83. The van der Waals surface area contributed by atoms with Gasteiger partial charge in [0.2, 0.25) is 0 Å². The van der Waals surface area contributed by atoms with Gasteiger partial charge in [-0.1, -0.05) is 44.2 Å². The second kappa shape index (κ2) is 7.69. The van der Waals surface area contributed by atoms with E-state index in [0.717, 1.165) is 17.9 Å². The zero-order valence-corrected chi connectivity index (χ0v) is 12.6. The van der Waals surface area contributed by atoms with Crippen molar-refractivity contribution >= 4 is 0 Å². The summed E-state index contributed by atoms with van der Waals surface area (Å²) in [7, 11) is 0. The summed E-state index contributed by atoms with van der Waals surface area (Å²) < 4.78 is 0. The predicted molar refractivity (Wildman–Crippen MR) is 83.3 cm³/mol. The molecule has 19 heavy (non-hydrogen) atoms. The molecule has 0 bridgehead atoms. The zero-order valence-electron chi connectivity index (χ0n) is 12.6. The van der Waals surface area contributed by atoms with Crippen LogP contribution in [-0.2, 0) is 6.42 Å². The number of rotatable bonds is 9. The molecule has 0 saturated heterocycles. The Morgan fingerprint density at radius 2 is 1.89 bits per heavy atom. The highest BCUT2D eigenvalue weighted by Gasteiger charge is 2.22. The highest BCUT2D eigenvalue weighted by atomic mass is 14.9. The third kappa shape index (κ3) is 6.24. The van der Waals surface area contributed by atoms with Gasteiger partial charge in [-0.15, -0.1) is 0 Å². The minimum Gasteiger partial charge on any atom is -0.314 e. The van der Waals surface area contributed by atoms with E-state index in [0.29, 0.717) is 0 Å². The van der Waals surface area contributed by atoms with Gasteiger partial charge < -0.3 is 5.32 Å². The fourth-order valence-electron chi connectivity index (χ4n) is 2.83. The Morgan fingerprint density at radius 3 is 2.53 bits per heavy atom. The highest BCUT2D eigenvalue weighted by molar-refractivity contribution is 5.14. The van der Waals surface area contributed by atoms with E-state index in [1.54, 1.807) is 0 Å². The second-order valence-corrected chi connectivity index (χ2v) is 6.56. The van der Waals surface area contributed by atoms with E-state index < -0.39 is 0 Å². The van der Waals surface area contributed by atoms with Gasteiger partial charge in [-0.2, -0.15) is 0 Å². The molecule has 0 spiro atoms. The summed E-state index contributed by atoms with van der Waals surface area (Å²) >= 11 is 0. The van der Waals surface area contributed by atoms with Gasteiger partial charge in [0.25, 0.3) is 0 Å². The topological polar surface area (TPSA) is 12.0 Å². The van der Waals surface area contributed by atoms with Crippen LogP contribution in [0.15, 0.2) is 30.3 Å². The number of benzene rings is 1. The van der Waals surface area contributed by atoms with Crippen LogP contribution in [0.2, 0.25) is 0 Å². The maximum absolute atomic E-state index is 3.71. The molecule has 0 heterocycles. The molecule has 106 valence electrons. The van der Waals surface area contributed by atoms with Crippen molar-refractivity contribution in [2.24, 2.45) is 11.8 Å². The molecule has 0 radical (unpaired) electrons. The van der Waals surface area contributed by atoms with Gasteiger partial charge in [0.15, 0.2) is 0 Å². The van der Waals surface area contributed by atoms with Crippen LogP contribution in [0.5, 0.6) is 0 Å². The fraction of sp³-hybridized carbons (Fsp3) is 0.667. The van der Waals surface area contributed by atoms with Crippen LogP contribution in [0.3, 0.4) is 0 Å². The van der Waals surface area contributed by atoms with Crippen molar-refractivity contribution in [2.45, 2.75) is 58.4 Å². The van der Waals surface area contributed by atoms with Crippen LogP contribution in [0.4, 0.5) is 0 Å². The number of hydrogen-bond donors (Lipinski definition) is 1. The lowest BCUT2D eigenvalue weighted by Crippen LogP contribution is -2.25. The van der Waals surface area contributed by atoms with E-state index in [1.807, 2.05) is 0 Å². The lowest BCUT2D eigenvalue weighted by atomic mass is 9.91. The van der Waals surface area contributed by atoms with Gasteiger partial charge in [-0.25, -0.2) is 0 Å². The predicted octanol–water partition coefficient (Wildman–Crippen LogP) is 4.42. The number of hydrogen-bond acceptors (Lipinski definition) is 1. The summed E-state index contributed by atoms with van der Waals surface area (Å²) in [5, 5.41) is 3.71. The summed E-state index contributed by atoms with van der Waals surface area (Å²) in [4.78, 5) is 0. The van der Waals surface area contributed by atoms with Crippen molar-refractivity contribution < 1.29 is 0 Å². The van der Waals surface area contributed by atoms with Crippen molar-refractivity contribution in [2.75, 3.05) is 6.54 Å². The normalized spacial score (nSPS) is 16.8. The van der Waals surface area contributed by atoms with Gasteiger partial charge in [0.1, 0.15) is 0 Å². The highest BCUT2D eigenvalue weighted by Crippen LogP contribution is 2.22. The van der Waals surface area contributed by atoms with Crippen molar-refractivity contribution in [1.29, 1.82) is 0 Å². The molecule has 1 nitrogen and oxygen atoms in total. The first kappa shape index (κ1) is 14.6. The van der Waals surface area contributed by atoms with Crippen LogP contribution >= 0.6 is 0 Å². The maximum Gasteiger partial charge on any atom is 0.00683 e. The van der Waals surface area contributed by atoms with Crippen LogP contribution in [-0.4, -0.2) is 12.6 Å². The van der Waals surface area contributed by atoms with E-state index in [1.165, 1.54) is 50.6 Å². The van der Waals surface area contributed by atoms with Gasteiger partial charge in [-0.05, 0) is 62.5 Å². The van der Waals surface area contributed by atoms with E-state index in [9.17, 15) is 0 Å². The third-order valence-corrected chi connectivity index (χ3v) is 4.00. The standard InChI is InChI=1S/C18H29N/c1-15(2)13-17(14-19-18-11-12-18)10-6-9-16-7-4-3-5-8-16/h3-5,7-8,15,17-19H,6,9-14H2,1-2H3. The quantitative estimate of drug-likeness (QED) is 0.692. The van der Waals surface area contributed by atoms with Crippen molar-refractivity contribution in [3.05, 3.63) is 35.9 Å². The number of nitrogens with one attached hydrogen (secondary N) is 1. The van der Waals surface area contributed by atoms with Gasteiger partial charge in [-0.3, -0.25) is 0 Å². The molecule has 1 aromatic rings. The largest absolute Gasteiger partial charge is 0.314 e. The lowest BCUT2D eigenvalue weighted by Gasteiger charge is -2.19. The number of aryl methyl sites for hydroxylation is 1. The molecule has 1 aliphatic rings. The molecule has 0 aromatic heterocycles. The van der Waals surface area contributed by atoms with E-state index in [4.69, 9.17) is 0 Å². The van der Waals surface area contributed by atoms with E-state index >= 15 is 0 Å².